The lowest BCUT2D eigenvalue weighted by Crippen LogP contribution is -2.41. The third kappa shape index (κ3) is 1.94. The van der Waals surface area contributed by atoms with Crippen LogP contribution < -0.4 is 0 Å². The molecule has 1 aliphatic carbocycles. The minimum absolute atomic E-state index is 0.0000926. The van der Waals surface area contributed by atoms with Crippen LogP contribution in [0.15, 0.2) is 53.0 Å². The van der Waals surface area contributed by atoms with Gasteiger partial charge in [-0.25, -0.2) is 0 Å². The first-order valence-electron chi connectivity index (χ1n) is 7.31. The van der Waals surface area contributed by atoms with Crippen LogP contribution in [0.3, 0.4) is 0 Å². The number of thioether (sulfide) groups is 1. The van der Waals surface area contributed by atoms with Gasteiger partial charge in [-0.3, -0.25) is 4.79 Å². The first-order valence-corrected chi connectivity index (χ1v) is 9.15. The number of halogens is 1. The molecule has 1 saturated heterocycles. The highest BCUT2D eigenvalue weighted by molar-refractivity contribution is 9.10. The number of hydrogen-bond acceptors (Lipinski definition) is 3. The number of ketones is 1. The van der Waals surface area contributed by atoms with Crippen molar-refractivity contribution in [3.8, 4) is 0 Å². The third-order valence-corrected chi connectivity index (χ3v) is 6.83. The second kappa shape index (κ2) is 5.22. The molecule has 1 spiro atoms. The standard InChI is InChI=1S/C18H15BrO2S/c19-13-6-3-5-11(8-13)17-18(15(20)10-22-17)9-12-4-1-2-7-14(12)16(18)21/h1-8,15,17,20H,9-10H2/t15-,17-,18-/m1/s1. The van der Waals surface area contributed by atoms with E-state index in [0.29, 0.717) is 12.2 Å². The van der Waals surface area contributed by atoms with Crippen molar-refractivity contribution < 1.29 is 9.90 Å². The molecular formula is C18H15BrO2S. The molecule has 22 heavy (non-hydrogen) atoms. The topological polar surface area (TPSA) is 37.3 Å². The summed E-state index contributed by atoms with van der Waals surface area (Å²) >= 11 is 5.20. The van der Waals surface area contributed by atoms with E-state index in [2.05, 4.69) is 28.1 Å². The van der Waals surface area contributed by atoms with Crippen molar-refractivity contribution in [3.05, 3.63) is 69.7 Å². The zero-order valence-electron chi connectivity index (χ0n) is 11.8. The van der Waals surface area contributed by atoms with E-state index in [4.69, 9.17) is 0 Å². The Morgan fingerprint density at radius 3 is 2.77 bits per heavy atom. The zero-order valence-corrected chi connectivity index (χ0v) is 14.2. The van der Waals surface area contributed by atoms with Gasteiger partial charge in [0.2, 0.25) is 0 Å². The molecule has 1 aliphatic heterocycles. The van der Waals surface area contributed by atoms with Crippen LogP contribution >= 0.6 is 27.7 Å². The number of aliphatic hydroxyl groups excluding tert-OH is 1. The summed E-state index contributed by atoms with van der Waals surface area (Å²) in [5.74, 6) is 0.710. The molecule has 0 aromatic heterocycles. The maximum absolute atomic E-state index is 13.1. The number of rotatable bonds is 1. The number of aliphatic hydroxyl groups is 1. The lowest BCUT2D eigenvalue weighted by molar-refractivity contribution is 0.0435. The average Bonchev–Trinajstić information content (AvgIpc) is 3.00. The van der Waals surface area contributed by atoms with Gasteiger partial charge in [0, 0.05) is 21.0 Å². The molecule has 4 heteroatoms. The van der Waals surface area contributed by atoms with Crippen molar-refractivity contribution in [3.63, 3.8) is 0 Å². The van der Waals surface area contributed by atoms with Gasteiger partial charge in [0.05, 0.1) is 11.5 Å². The van der Waals surface area contributed by atoms with Gasteiger partial charge in [-0.2, -0.15) is 0 Å². The quantitative estimate of drug-likeness (QED) is 0.818. The summed E-state index contributed by atoms with van der Waals surface area (Å²) < 4.78 is 1.00. The van der Waals surface area contributed by atoms with Gasteiger partial charge >= 0.3 is 0 Å². The Labute approximate surface area is 142 Å². The van der Waals surface area contributed by atoms with Gasteiger partial charge in [0.1, 0.15) is 0 Å². The van der Waals surface area contributed by atoms with E-state index in [1.54, 1.807) is 11.8 Å². The predicted octanol–water partition coefficient (Wildman–Crippen LogP) is 4.02. The summed E-state index contributed by atoms with van der Waals surface area (Å²) in [5.41, 5.74) is 2.24. The number of Topliss-reactive ketones (excluding diaryl/α,β-unsaturated/α-hetero) is 1. The molecule has 0 amide bonds. The summed E-state index contributed by atoms with van der Waals surface area (Å²) in [5, 5.41) is 10.7. The van der Waals surface area contributed by atoms with Crippen molar-refractivity contribution in [1.82, 2.24) is 0 Å². The Hall–Kier alpha value is -1.10. The first kappa shape index (κ1) is 14.5. The minimum atomic E-state index is -0.713. The minimum Gasteiger partial charge on any atom is -0.391 e. The number of carbonyl (C=O) groups excluding carboxylic acids is 1. The molecule has 2 aromatic carbocycles. The normalized spacial score (nSPS) is 30.0. The van der Waals surface area contributed by atoms with Crippen LogP contribution in [0.5, 0.6) is 0 Å². The lowest BCUT2D eigenvalue weighted by Gasteiger charge is -2.32. The first-order chi connectivity index (χ1) is 10.6. The van der Waals surface area contributed by atoms with Crippen LogP contribution in [-0.2, 0) is 6.42 Å². The van der Waals surface area contributed by atoms with Crippen molar-refractivity contribution in [2.75, 3.05) is 5.75 Å². The highest BCUT2D eigenvalue weighted by Crippen LogP contribution is 2.59. The molecule has 0 unspecified atom stereocenters. The van der Waals surface area contributed by atoms with Crippen LogP contribution in [0.25, 0.3) is 0 Å². The van der Waals surface area contributed by atoms with E-state index < -0.39 is 11.5 Å². The molecular weight excluding hydrogens is 360 g/mol. The van der Waals surface area contributed by atoms with E-state index in [-0.39, 0.29) is 11.0 Å². The van der Waals surface area contributed by atoms with E-state index in [0.717, 1.165) is 21.2 Å². The van der Waals surface area contributed by atoms with E-state index >= 15 is 0 Å². The molecule has 0 saturated carbocycles. The fourth-order valence-corrected chi connectivity index (χ4v) is 5.82. The number of benzene rings is 2. The summed E-state index contributed by atoms with van der Waals surface area (Å²) in [6.45, 7) is 0. The molecule has 0 radical (unpaired) electrons. The van der Waals surface area contributed by atoms with E-state index in [1.807, 2.05) is 36.4 Å². The Balaban J connectivity index is 1.84. The predicted molar refractivity (Wildman–Crippen MR) is 92.3 cm³/mol. The molecule has 1 heterocycles. The molecule has 0 bridgehead atoms. The second-order valence-corrected chi connectivity index (χ2v) is 8.04. The van der Waals surface area contributed by atoms with Crippen LogP contribution in [0.4, 0.5) is 0 Å². The van der Waals surface area contributed by atoms with Crippen LogP contribution in [-0.4, -0.2) is 22.7 Å². The molecule has 2 aromatic rings. The fraction of sp³-hybridized carbons (Fsp3) is 0.278. The Bertz CT molecular complexity index is 760. The largest absolute Gasteiger partial charge is 0.391 e. The summed E-state index contributed by atoms with van der Waals surface area (Å²) in [6, 6.07) is 15.9. The van der Waals surface area contributed by atoms with Gasteiger partial charge in [-0.15, -0.1) is 11.8 Å². The zero-order chi connectivity index (χ0) is 15.3. The Kier molecular flexibility index (Phi) is 3.44. The molecule has 2 aliphatic rings. The number of carbonyl (C=O) groups is 1. The SMILES string of the molecule is O=C1c2ccccc2C[C@@]12[C@H](O)CS[C@@H]2c1cccc(Br)c1. The lowest BCUT2D eigenvalue weighted by atomic mass is 9.73. The van der Waals surface area contributed by atoms with Crippen LogP contribution in [0, 0.1) is 5.41 Å². The average molecular weight is 375 g/mol. The monoisotopic (exact) mass is 374 g/mol. The third-order valence-electron chi connectivity index (χ3n) is 4.80. The van der Waals surface area contributed by atoms with Gasteiger partial charge in [-0.1, -0.05) is 52.3 Å². The second-order valence-electron chi connectivity index (χ2n) is 5.99. The molecule has 1 N–H and O–H groups in total. The molecule has 112 valence electrons. The van der Waals surface area contributed by atoms with Gasteiger partial charge in [0.25, 0.3) is 0 Å². The maximum Gasteiger partial charge on any atom is 0.173 e. The molecule has 2 nitrogen and oxygen atoms in total. The van der Waals surface area contributed by atoms with Gasteiger partial charge in [0.15, 0.2) is 5.78 Å². The van der Waals surface area contributed by atoms with E-state index in [1.165, 1.54) is 0 Å². The molecule has 3 atom stereocenters. The van der Waals surface area contributed by atoms with Crippen molar-refractivity contribution >= 4 is 33.5 Å². The number of hydrogen-bond donors (Lipinski definition) is 1. The van der Waals surface area contributed by atoms with Crippen molar-refractivity contribution in [1.29, 1.82) is 0 Å². The Morgan fingerprint density at radius 2 is 2.00 bits per heavy atom. The Morgan fingerprint density at radius 1 is 1.18 bits per heavy atom. The van der Waals surface area contributed by atoms with E-state index in [9.17, 15) is 9.90 Å². The van der Waals surface area contributed by atoms with Crippen LogP contribution in [0.1, 0.15) is 26.7 Å². The summed E-state index contributed by atoms with van der Waals surface area (Å²) in [4.78, 5) is 13.1. The van der Waals surface area contributed by atoms with Crippen molar-refractivity contribution in [2.45, 2.75) is 17.8 Å². The smallest absolute Gasteiger partial charge is 0.173 e. The fourth-order valence-electron chi connectivity index (χ4n) is 3.75. The van der Waals surface area contributed by atoms with Gasteiger partial charge < -0.3 is 5.11 Å². The highest BCUT2D eigenvalue weighted by Gasteiger charge is 2.59. The highest BCUT2D eigenvalue weighted by atomic mass is 79.9. The maximum atomic E-state index is 13.1. The molecule has 1 fully saturated rings. The number of fused-ring (bicyclic) bond motifs is 1. The van der Waals surface area contributed by atoms with Crippen LogP contribution in [0.2, 0.25) is 0 Å². The van der Waals surface area contributed by atoms with Gasteiger partial charge in [-0.05, 0) is 29.7 Å². The van der Waals surface area contributed by atoms with Crippen molar-refractivity contribution in [2.24, 2.45) is 5.41 Å². The summed E-state index contributed by atoms with van der Waals surface area (Å²) in [7, 11) is 0. The molecule has 4 rings (SSSR count). The summed E-state index contributed by atoms with van der Waals surface area (Å²) in [6.07, 6.45) is 0.0364.